The number of carboxylic acid groups (broad SMARTS) is 1. The highest BCUT2D eigenvalue weighted by atomic mass is 16.4. The third kappa shape index (κ3) is 4.17. The standard InChI is InChI=1S/C32H39N3O2/c1-3-24(4-2)33-19-23-20-34-16-9-17-35-28-18-22(32(36)37)14-15-26(28)29(21-10-6-5-7-11-21)31(35)27-13-8-12-25(23)30(27)34/h8,12-15,18,20-21,24,33H,3-7,9-11,16-17,19H2,1-2H3,(H,36,37). The molecule has 0 bridgehead atoms. The molecule has 0 unspecified atom stereocenters. The van der Waals surface area contributed by atoms with Crippen LogP contribution in [0.5, 0.6) is 0 Å². The molecule has 0 radical (unpaired) electrons. The Labute approximate surface area is 219 Å². The number of aromatic carboxylic acids is 1. The summed E-state index contributed by atoms with van der Waals surface area (Å²) in [5.74, 6) is -0.328. The predicted octanol–water partition coefficient (Wildman–Crippen LogP) is 7.69. The van der Waals surface area contributed by atoms with Crippen molar-refractivity contribution in [1.82, 2.24) is 14.5 Å². The highest BCUT2D eigenvalue weighted by Gasteiger charge is 2.29. The van der Waals surface area contributed by atoms with Gasteiger partial charge in [0.2, 0.25) is 0 Å². The second-order valence-corrected chi connectivity index (χ2v) is 11.1. The molecular weight excluding hydrogens is 458 g/mol. The molecule has 4 aromatic rings. The normalized spacial score (nSPS) is 16.3. The van der Waals surface area contributed by atoms with Crippen LogP contribution in [-0.4, -0.2) is 26.3 Å². The van der Waals surface area contributed by atoms with Crippen molar-refractivity contribution in [2.45, 2.75) is 96.8 Å². The van der Waals surface area contributed by atoms with Gasteiger partial charge in [-0.1, -0.05) is 57.4 Å². The van der Waals surface area contributed by atoms with E-state index in [1.165, 1.54) is 70.8 Å². The summed E-state index contributed by atoms with van der Waals surface area (Å²) >= 11 is 0. The van der Waals surface area contributed by atoms with Crippen LogP contribution >= 0.6 is 0 Å². The maximum Gasteiger partial charge on any atom is 0.335 e. The molecule has 3 heterocycles. The number of fused-ring (bicyclic) bond motifs is 4. The number of aromatic nitrogens is 2. The topological polar surface area (TPSA) is 59.2 Å². The van der Waals surface area contributed by atoms with Gasteiger partial charge in [0.05, 0.1) is 16.8 Å². The first-order valence-corrected chi connectivity index (χ1v) is 14.3. The van der Waals surface area contributed by atoms with Gasteiger partial charge in [-0.25, -0.2) is 4.79 Å². The van der Waals surface area contributed by atoms with E-state index in [1.807, 2.05) is 6.07 Å². The number of rotatable bonds is 7. The first kappa shape index (κ1) is 24.3. The third-order valence-corrected chi connectivity index (χ3v) is 8.95. The second-order valence-electron chi connectivity index (χ2n) is 11.1. The summed E-state index contributed by atoms with van der Waals surface area (Å²) in [5, 5.41) is 16.1. The van der Waals surface area contributed by atoms with Crippen LogP contribution in [0.15, 0.2) is 42.6 Å². The Bertz CT molecular complexity index is 1450. The van der Waals surface area contributed by atoms with Crippen LogP contribution in [0.4, 0.5) is 0 Å². The van der Waals surface area contributed by atoms with Gasteiger partial charge >= 0.3 is 5.97 Å². The highest BCUT2D eigenvalue weighted by Crippen LogP contribution is 2.46. The number of carboxylic acids is 1. The van der Waals surface area contributed by atoms with Gasteiger partial charge in [0, 0.05) is 53.7 Å². The fraction of sp³-hybridized carbons (Fsp3) is 0.469. The van der Waals surface area contributed by atoms with E-state index in [0.29, 0.717) is 17.5 Å². The van der Waals surface area contributed by atoms with Crippen LogP contribution in [0.25, 0.3) is 33.1 Å². The Balaban J connectivity index is 1.59. The van der Waals surface area contributed by atoms with E-state index in [4.69, 9.17) is 0 Å². The molecule has 0 saturated heterocycles. The molecular formula is C32H39N3O2. The van der Waals surface area contributed by atoms with Gasteiger partial charge < -0.3 is 19.6 Å². The van der Waals surface area contributed by atoms with Crippen molar-refractivity contribution < 1.29 is 9.90 Å². The van der Waals surface area contributed by atoms with Crippen LogP contribution in [-0.2, 0) is 19.6 Å². The average Bonchev–Trinajstić information content (AvgIpc) is 3.43. The van der Waals surface area contributed by atoms with Gasteiger partial charge in [-0.2, -0.15) is 0 Å². The molecule has 0 atom stereocenters. The first-order chi connectivity index (χ1) is 18.1. The lowest BCUT2D eigenvalue weighted by Crippen LogP contribution is -2.26. The lowest BCUT2D eigenvalue weighted by atomic mass is 9.81. The molecule has 5 nitrogen and oxygen atoms in total. The molecule has 2 aromatic carbocycles. The Morgan fingerprint density at radius 2 is 1.84 bits per heavy atom. The molecule has 2 N–H and O–H groups in total. The van der Waals surface area contributed by atoms with E-state index in [2.05, 4.69) is 58.8 Å². The van der Waals surface area contributed by atoms with Crippen LogP contribution in [0.3, 0.4) is 0 Å². The third-order valence-electron chi connectivity index (χ3n) is 8.95. The highest BCUT2D eigenvalue weighted by molar-refractivity contribution is 6.03. The molecule has 2 aromatic heterocycles. The minimum absolute atomic E-state index is 0.376. The van der Waals surface area contributed by atoms with Crippen molar-refractivity contribution in [2.24, 2.45) is 0 Å². The molecule has 0 amide bonds. The van der Waals surface area contributed by atoms with Crippen molar-refractivity contribution in [2.75, 3.05) is 0 Å². The number of nitrogens with one attached hydrogen (secondary N) is 1. The molecule has 0 spiro atoms. The second kappa shape index (κ2) is 10.0. The van der Waals surface area contributed by atoms with Gasteiger partial charge in [0.1, 0.15) is 0 Å². The maximum atomic E-state index is 11.9. The van der Waals surface area contributed by atoms with E-state index in [9.17, 15) is 9.90 Å². The monoisotopic (exact) mass is 497 g/mol. The lowest BCUT2D eigenvalue weighted by molar-refractivity contribution is 0.0697. The Hall–Kier alpha value is -3.05. The first-order valence-electron chi connectivity index (χ1n) is 14.3. The number of benzene rings is 2. The van der Waals surface area contributed by atoms with E-state index < -0.39 is 5.97 Å². The molecule has 1 saturated carbocycles. The number of carbonyl (C=O) groups is 1. The van der Waals surface area contributed by atoms with Crippen molar-refractivity contribution in [3.05, 3.63) is 59.3 Å². The number of hydrogen-bond acceptors (Lipinski definition) is 2. The molecule has 6 rings (SSSR count). The van der Waals surface area contributed by atoms with E-state index in [1.54, 1.807) is 6.07 Å². The molecule has 2 aliphatic rings. The summed E-state index contributed by atoms with van der Waals surface area (Å²) in [4.78, 5) is 11.9. The van der Waals surface area contributed by atoms with Crippen molar-refractivity contribution >= 4 is 27.8 Å². The van der Waals surface area contributed by atoms with E-state index >= 15 is 0 Å². The largest absolute Gasteiger partial charge is 0.478 e. The van der Waals surface area contributed by atoms with Crippen molar-refractivity contribution in [3.63, 3.8) is 0 Å². The number of hydrogen-bond donors (Lipinski definition) is 2. The molecule has 194 valence electrons. The van der Waals surface area contributed by atoms with E-state index in [-0.39, 0.29) is 0 Å². The van der Waals surface area contributed by atoms with Gasteiger partial charge in [-0.3, -0.25) is 0 Å². The van der Waals surface area contributed by atoms with Gasteiger partial charge in [-0.15, -0.1) is 0 Å². The summed E-state index contributed by atoms with van der Waals surface area (Å²) < 4.78 is 4.95. The lowest BCUT2D eigenvalue weighted by Gasteiger charge is -2.25. The minimum Gasteiger partial charge on any atom is -0.478 e. The Morgan fingerprint density at radius 3 is 2.59 bits per heavy atom. The van der Waals surface area contributed by atoms with Crippen LogP contribution in [0, 0.1) is 0 Å². The van der Waals surface area contributed by atoms with Crippen LogP contribution < -0.4 is 5.32 Å². The Kier molecular flexibility index (Phi) is 6.58. The summed E-state index contributed by atoms with van der Waals surface area (Å²) in [6, 6.07) is 13.2. The molecule has 5 heteroatoms. The number of para-hydroxylation sites is 1. The maximum absolute atomic E-state index is 11.9. The van der Waals surface area contributed by atoms with Crippen LogP contribution in [0.1, 0.15) is 92.6 Å². The zero-order chi connectivity index (χ0) is 25.5. The Morgan fingerprint density at radius 1 is 1.03 bits per heavy atom. The number of nitrogens with zero attached hydrogens (tertiary/aromatic N) is 2. The molecule has 37 heavy (non-hydrogen) atoms. The smallest absolute Gasteiger partial charge is 0.335 e. The molecule has 1 fully saturated rings. The van der Waals surface area contributed by atoms with Gasteiger partial charge in [-0.05, 0) is 61.3 Å². The predicted molar refractivity (Wildman–Crippen MR) is 151 cm³/mol. The molecule has 1 aliphatic carbocycles. The minimum atomic E-state index is -0.854. The summed E-state index contributed by atoms with van der Waals surface area (Å²) in [5.41, 5.74) is 8.26. The summed E-state index contributed by atoms with van der Waals surface area (Å²) in [7, 11) is 0. The zero-order valence-corrected chi connectivity index (χ0v) is 22.2. The summed E-state index contributed by atoms with van der Waals surface area (Å²) in [6.07, 6.45) is 12.0. The number of aryl methyl sites for hydroxylation is 2. The van der Waals surface area contributed by atoms with Gasteiger partial charge in [0.15, 0.2) is 0 Å². The van der Waals surface area contributed by atoms with Crippen molar-refractivity contribution in [3.8, 4) is 11.3 Å². The quantitative estimate of drug-likeness (QED) is 0.275. The van der Waals surface area contributed by atoms with E-state index in [0.717, 1.165) is 44.4 Å². The average molecular weight is 498 g/mol. The SMILES string of the molecule is CCC(CC)NCc1cn2c3c(cccc13)-c1c(C3CCCCC3)c3ccc(C(=O)O)cc3n1CCC2. The zero-order valence-electron chi connectivity index (χ0n) is 22.2. The molecule has 1 aliphatic heterocycles. The fourth-order valence-corrected chi connectivity index (χ4v) is 7.01. The van der Waals surface area contributed by atoms with Crippen LogP contribution in [0.2, 0.25) is 0 Å². The van der Waals surface area contributed by atoms with Gasteiger partial charge in [0.25, 0.3) is 0 Å². The summed E-state index contributed by atoms with van der Waals surface area (Å²) in [6.45, 7) is 7.27. The van der Waals surface area contributed by atoms with Crippen molar-refractivity contribution in [1.29, 1.82) is 0 Å². The fourth-order valence-electron chi connectivity index (χ4n) is 7.01.